The van der Waals surface area contributed by atoms with Crippen molar-refractivity contribution in [2.24, 2.45) is 0 Å². The molecule has 82 valence electrons. The molecule has 0 radical (unpaired) electrons. The van der Waals surface area contributed by atoms with Crippen molar-refractivity contribution in [3.05, 3.63) is 11.8 Å². The highest BCUT2D eigenvalue weighted by molar-refractivity contribution is 5.00. The van der Waals surface area contributed by atoms with Gasteiger partial charge in [0, 0.05) is 19.0 Å². The quantitative estimate of drug-likeness (QED) is 0.736. The summed E-state index contributed by atoms with van der Waals surface area (Å²) >= 11 is 0. The molecule has 1 saturated heterocycles. The molecule has 0 bridgehead atoms. The van der Waals surface area contributed by atoms with Gasteiger partial charge in [0.25, 0.3) is 0 Å². The van der Waals surface area contributed by atoms with Gasteiger partial charge in [-0.2, -0.15) is 0 Å². The van der Waals surface area contributed by atoms with E-state index in [1.165, 1.54) is 12.8 Å². The molecular formula is C10H15N3O2. The Morgan fingerprint density at radius 2 is 2.00 bits per heavy atom. The highest BCUT2D eigenvalue weighted by atomic mass is 16.5. The monoisotopic (exact) mass is 209 g/mol. The highest BCUT2D eigenvalue weighted by Gasteiger charge is 2.29. The zero-order valence-electron chi connectivity index (χ0n) is 8.69. The smallest absolute Gasteiger partial charge is 0.230 e. The molecule has 1 aliphatic carbocycles. The number of morpholine rings is 1. The van der Waals surface area contributed by atoms with Crippen LogP contribution in [0.1, 0.15) is 30.5 Å². The Morgan fingerprint density at radius 1 is 1.20 bits per heavy atom. The van der Waals surface area contributed by atoms with Crippen molar-refractivity contribution in [1.82, 2.24) is 15.1 Å². The van der Waals surface area contributed by atoms with Crippen molar-refractivity contribution in [1.29, 1.82) is 0 Å². The second kappa shape index (κ2) is 3.90. The van der Waals surface area contributed by atoms with E-state index in [1.54, 1.807) is 0 Å². The first-order chi connectivity index (χ1) is 7.42. The Kier molecular flexibility index (Phi) is 2.42. The fraction of sp³-hybridized carbons (Fsp3) is 0.800. The van der Waals surface area contributed by atoms with Gasteiger partial charge in [-0.3, -0.25) is 4.90 Å². The fourth-order valence-corrected chi connectivity index (χ4v) is 1.78. The number of rotatable bonds is 3. The van der Waals surface area contributed by atoms with Crippen LogP contribution in [0.25, 0.3) is 0 Å². The topological polar surface area (TPSA) is 51.4 Å². The number of hydrogen-bond donors (Lipinski definition) is 0. The summed E-state index contributed by atoms with van der Waals surface area (Å²) in [6.45, 7) is 4.30. The summed E-state index contributed by atoms with van der Waals surface area (Å²) in [5.41, 5.74) is 0. The first-order valence-corrected chi connectivity index (χ1v) is 5.54. The maximum absolute atomic E-state index is 5.61. The molecule has 0 spiro atoms. The van der Waals surface area contributed by atoms with Crippen molar-refractivity contribution >= 4 is 0 Å². The van der Waals surface area contributed by atoms with Crippen molar-refractivity contribution < 1.29 is 9.15 Å². The van der Waals surface area contributed by atoms with Crippen LogP contribution in [-0.4, -0.2) is 41.4 Å². The number of hydrogen-bond acceptors (Lipinski definition) is 5. The van der Waals surface area contributed by atoms with Gasteiger partial charge in [-0.05, 0) is 12.8 Å². The van der Waals surface area contributed by atoms with E-state index < -0.39 is 0 Å². The molecule has 2 aliphatic rings. The largest absolute Gasteiger partial charge is 0.424 e. The average Bonchev–Trinajstić information content (AvgIpc) is 3.02. The molecule has 1 aliphatic heterocycles. The van der Waals surface area contributed by atoms with Gasteiger partial charge in [0.05, 0.1) is 19.8 Å². The number of aromatic nitrogens is 2. The van der Waals surface area contributed by atoms with Gasteiger partial charge in [0.2, 0.25) is 11.8 Å². The first-order valence-electron chi connectivity index (χ1n) is 5.54. The molecule has 2 fully saturated rings. The van der Waals surface area contributed by atoms with Crippen molar-refractivity contribution in [3.63, 3.8) is 0 Å². The maximum atomic E-state index is 5.61. The lowest BCUT2D eigenvalue weighted by atomic mass is 10.4. The maximum Gasteiger partial charge on any atom is 0.230 e. The van der Waals surface area contributed by atoms with Gasteiger partial charge in [-0.1, -0.05) is 0 Å². The van der Waals surface area contributed by atoms with Gasteiger partial charge >= 0.3 is 0 Å². The molecule has 2 heterocycles. The van der Waals surface area contributed by atoms with E-state index in [2.05, 4.69) is 15.1 Å². The first kappa shape index (κ1) is 9.30. The molecule has 0 N–H and O–H groups in total. The van der Waals surface area contributed by atoms with Crippen LogP contribution in [0.15, 0.2) is 4.42 Å². The molecule has 0 atom stereocenters. The molecule has 5 heteroatoms. The third-order valence-electron chi connectivity index (χ3n) is 2.87. The van der Waals surface area contributed by atoms with Crippen LogP contribution in [0, 0.1) is 0 Å². The van der Waals surface area contributed by atoms with Crippen molar-refractivity contribution in [2.75, 3.05) is 26.3 Å². The van der Waals surface area contributed by atoms with Crippen LogP contribution in [0.2, 0.25) is 0 Å². The SMILES string of the molecule is C1CN(Cc2nnc(C3CC3)o2)CCO1. The highest BCUT2D eigenvalue weighted by Crippen LogP contribution is 2.39. The molecular weight excluding hydrogens is 194 g/mol. The molecule has 0 aromatic carbocycles. The normalized spacial score (nSPS) is 23.2. The van der Waals surface area contributed by atoms with Crippen molar-refractivity contribution in [3.8, 4) is 0 Å². The summed E-state index contributed by atoms with van der Waals surface area (Å²) in [5, 5.41) is 8.14. The van der Waals surface area contributed by atoms with Crippen LogP contribution in [0.4, 0.5) is 0 Å². The van der Waals surface area contributed by atoms with Gasteiger partial charge < -0.3 is 9.15 Å². The summed E-state index contributed by atoms with van der Waals surface area (Å²) in [7, 11) is 0. The summed E-state index contributed by atoms with van der Waals surface area (Å²) in [4.78, 5) is 2.29. The predicted molar refractivity (Wildman–Crippen MR) is 52.4 cm³/mol. The molecule has 1 aromatic rings. The van der Waals surface area contributed by atoms with Gasteiger partial charge in [0.15, 0.2) is 0 Å². The number of nitrogens with zero attached hydrogens (tertiary/aromatic N) is 3. The average molecular weight is 209 g/mol. The van der Waals surface area contributed by atoms with Gasteiger partial charge in [-0.15, -0.1) is 10.2 Å². The minimum Gasteiger partial charge on any atom is -0.424 e. The van der Waals surface area contributed by atoms with E-state index in [0.717, 1.165) is 44.6 Å². The van der Waals surface area contributed by atoms with E-state index in [-0.39, 0.29) is 0 Å². The Morgan fingerprint density at radius 3 is 2.73 bits per heavy atom. The lowest BCUT2D eigenvalue weighted by Gasteiger charge is -2.24. The Balaban J connectivity index is 1.60. The van der Waals surface area contributed by atoms with Crippen LogP contribution in [0.3, 0.4) is 0 Å². The van der Waals surface area contributed by atoms with Crippen LogP contribution in [0.5, 0.6) is 0 Å². The van der Waals surface area contributed by atoms with Crippen LogP contribution < -0.4 is 0 Å². The molecule has 3 rings (SSSR count). The third kappa shape index (κ3) is 2.18. The summed E-state index contributed by atoms with van der Waals surface area (Å²) in [6, 6.07) is 0. The van der Waals surface area contributed by atoms with Crippen LogP contribution in [-0.2, 0) is 11.3 Å². The minimum absolute atomic E-state index is 0.552. The summed E-state index contributed by atoms with van der Waals surface area (Å²) in [6.07, 6.45) is 2.42. The molecule has 15 heavy (non-hydrogen) atoms. The van der Waals surface area contributed by atoms with Crippen LogP contribution >= 0.6 is 0 Å². The summed E-state index contributed by atoms with van der Waals surface area (Å²) < 4.78 is 10.9. The van der Waals surface area contributed by atoms with E-state index in [9.17, 15) is 0 Å². The van der Waals surface area contributed by atoms with E-state index in [1.807, 2.05) is 0 Å². The minimum atomic E-state index is 0.552. The Labute approximate surface area is 88.4 Å². The number of ether oxygens (including phenoxy) is 1. The zero-order valence-corrected chi connectivity index (χ0v) is 8.69. The van der Waals surface area contributed by atoms with E-state index in [4.69, 9.17) is 9.15 Å². The van der Waals surface area contributed by atoms with E-state index in [0.29, 0.717) is 5.92 Å². The Hall–Kier alpha value is -0.940. The summed E-state index contributed by atoms with van der Waals surface area (Å²) in [5.74, 6) is 2.13. The fourth-order valence-electron chi connectivity index (χ4n) is 1.78. The van der Waals surface area contributed by atoms with Crippen molar-refractivity contribution in [2.45, 2.75) is 25.3 Å². The second-order valence-corrected chi connectivity index (χ2v) is 4.20. The molecule has 1 aromatic heterocycles. The Bertz CT molecular complexity index is 329. The molecule has 1 saturated carbocycles. The lowest BCUT2D eigenvalue weighted by molar-refractivity contribution is 0.0304. The lowest BCUT2D eigenvalue weighted by Crippen LogP contribution is -2.35. The standard InChI is InChI=1S/C10H15N3O2/c1-2-8(1)10-12-11-9(15-10)7-13-3-5-14-6-4-13/h8H,1-7H2. The molecule has 0 unspecified atom stereocenters. The zero-order chi connectivity index (χ0) is 10.1. The van der Waals surface area contributed by atoms with Gasteiger partial charge in [0.1, 0.15) is 0 Å². The molecule has 0 amide bonds. The molecule has 5 nitrogen and oxygen atoms in total. The predicted octanol–water partition coefficient (Wildman–Crippen LogP) is 0.779. The third-order valence-corrected chi connectivity index (χ3v) is 2.87. The second-order valence-electron chi connectivity index (χ2n) is 4.20. The van der Waals surface area contributed by atoms with E-state index >= 15 is 0 Å². The van der Waals surface area contributed by atoms with Gasteiger partial charge in [-0.25, -0.2) is 0 Å².